The smallest absolute Gasteiger partial charge is 0.253 e. The number of rotatable bonds is 5. The first-order valence-electron chi connectivity index (χ1n) is 11.4. The number of aryl methyl sites for hydroxylation is 1. The van der Waals surface area contributed by atoms with Crippen LogP contribution in [-0.4, -0.2) is 36.2 Å². The molecule has 0 radical (unpaired) electrons. The molecule has 1 atom stereocenters. The minimum absolute atomic E-state index is 0.251. The number of anilines is 1. The Balaban J connectivity index is 1.35. The quantitative estimate of drug-likeness (QED) is 0.357. The number of hydrogen-bond acceptors (Lipinski definition) is 7. The number of amides is 1. The van der Waals surface area contributed by atoms with Crippen LogP contribution in [0.1, 0.15) is 36.1 Å². The lowest BCUT2D eigenvalue weighted by molar-refractivity contribution is -0.119. The number of nitrogens with one attached hydrogen (secondary N) is 1. The number of hydrogen-bond donors (Lipinski definition) is 1. The van der Waals surface area contributed by atoms with Crippen molar-refractivity contribution in [2.24, 2.45) is 0 Å². The van der Waals surface area contributed by atoms with Crippen LogP contribution in [-0.2, 0) is 27.7 Å². The van der Waals surface area contributed by atoms with E-state index in [1.54, 1.807) is 40.2 Å². The molecule has 1 saturated heterocycles. The van der Waals surface area contributed by atoms with Crippen LogP contribution >= 0.6 is 34.0 Å². The van der Waals surface area contributed by atoms with E-state index in [9.17, 15) is 13.2 Å². The maximum atomic E-state index is 13.5. The third kappa shape index (κ3) is 3.81. The van der Waals surface area contributed by atoms with E-state index in [1.165, 1.54) is 26.1 Å². The Morgan fingerprint density at radius 2 is 1.91 bits per heavy atom. The maximum absolute atomic E-state index is 13.5. The van der Waals surface area contributed by atoms with Crippen molar-refractivity contribution in [1.29, 1.82) is 0 Å². The second-order valence-corrected chi connectivity index (χ2v) is 13.8. The second kappa shape index (κ2) is 8.83. The Kier molecular flexibility index (Phi) is 5.81. The average Bonchev–Trinajstić information content (AvgIpc) is 3.63. The van der Waals surface area contributed by atoms with Crippen molar-refractivity contribution in [1.82, 2.24) is 9.29 Å². The predicted octanol–water partition coefficient (Wildman–Crippen LogP) is 5.76. The molecular weight excluding hydrogens is 507 g/mol. The zero-order chi connectivity index (χ0) is 23.3. The van der Waals surface area contributed by atoms with Crippen molar-refractivity contribution >= 4 is 65.2 Å². The molecule has 1 aromatic carbocycles. The molecule has 10 heteroatoms. The zero-order valence-corrected chi connectivity index (χ0v) is 21.6. The van der Waals surface area contributed by atoms with Crippen molar-refractivity contribution < 1.29 is 13.2 Å². The van der Waals surface area contributed by atoms with Crippen molar-refractivity contribution in [3.05, 3.63) is 52.2 Å². The Hall–Kier alpha value is -2.11. The minimum Gasteiger partial charge on any atom is -0.316 e. The summed E-state index contributed by atoms with van der Waals surface area (Å²) in [5.74, 6) is -0.251. The van der Waals surface area contributed by atoms with Crippen LogP contribution in [0.4, 0.5) is 5.00 Å². The van der Waals surface area contributed by atoms with Gasteiger partial charge in [-0.25, -0.2) is 13.4 Å². The molecule has 4 aromatic rings. The maximum Gasteiger partial charge on any atom is 0.253 e. The molecule has 0 bridgehead atoms. The van der Waals surface area contributed by atoms with E-state index in [0.29, 0.717) is 19.4 Å². The van der Waals surface area contributed by atoms with E-state index in [0.717, 1.165) is 51.5 Å². The summed E-state index contributed by atoms with van der Waals surface area (Å²) in [6.07, 6.45) is 5.47. The van der Waals surface area contributed by atoms with Gasteiger partial charge in [-0.05, 0) is 67.7 Å². The summed E-state index contributed by atoms with van der Waals surface area (Å²) in [5, 5.41) is 6.62. The lowest BCUT2D eigenvalue weighted by Crippen LogP contribution is -2.42. The topological polar surface area (TPSA) is 79.4 Å². The highest BCUT2D eigenvalue weighted by Crippen LogP contribution is 2.46. The summed E-state index contributed by atoms with van der Waals surface area (Å²) >= 11 is 4.46. The van der Waals surface area contributed by atoms with E-state index in [2.05, 4.69) is 11.4 Å². The number of para-hydroxylation sites is 1. The highest BCUT2D eigenvalue weighted by Gasteiger charge is 2.40. The summed E-state index contributed by atoms with van der Waals surface area (Å²) in [6, 6.07) is 10.7. The van der Waals surface area contributed by atoms with Crippen molar-refractivity contribution in [3.8, 4) is 10.6 Å². The van der Waals surface area contributed by atoms with Gasteiger partial charge in [-0.15, -0.1) is 34.0 Å². The van der Waals surface area contributed by atoms with Gasteiger partial charge in [0.15, 0.2) is 0 Å². The molecule has 1 aliphatic heterocycles. The van der Waals surface area contributed by atoms with Crippen LogP contribution < -0.4 is 5.32 Å². The van der Waals surface area contributed by atoms with Gasteiger partial charge in [-0.2, -0.15) is 4.31 Å². The largest absolute Gasteiger partial charge is 0.316 e. The van der Waals surface area contributed by atoms with Gasteiger partial charge in [0.2, 0.25) is 5.91 Å². The molecule has 0 spiro atoms. The lowest BCUT2D eigenvalue weighted by Gasteiger charge is -2.22. The molecule has 3 aromatic heterocycles. The molecule has 0 unspecified atom stereocenters. The highest BCUT2D eigenvalue weighted by molar-refractivity contribution is 7.91. The predicted molar refractivity (Wildman–Crippen MR) is 139 cm³/mol. The SMILES string of the molecule is O=C(Nc1sc2c(c1-c1nc3ccccc3s1)CCCC2)[C@H]1CCCN1S(=O)(=O)c1cccs1. The van der Waals surface area contributed by atoms with E-state index < -0.39 is 16.1 Å². The zero-order valence-electron chi connectivity index (χ0n) is 18.3. The van der Waals surface area contributed by atoms with Crippen LogP contribution in [0.2, 0.25) is 0 Å². The van der Waals surface area contributed by atoms with Gasteiger partial charge in [0.25, 0.3) is 10.0 Å². The van der Waals surface area contributed by atoms with Crippen molar-refractivity contribution in [2.75, 3.05) is 11.9 Å². The standard InChI is InChI=1S/C24H23N3O3S4/c28-22(17-9-5-13-27(17)34(29,30)20-12-6-14-31-20)26-24-21(15-7-1-3-10-18(15)32-24)23-25-16-8-2-4-11-19(16)33-23/h2,4,6,8,11-12,14,17H,1,3,5,7,9-10,13H2,(H,26,28)/t17-/m1/s1. The number of carbonyl (C=O) groups is 1. The summed E-state index contributed by atoms with van der Waals surface area (Å²) in [7, 11) is -3.68. The lowest BCUT2D eigenvalue weighted by atomic mass is 9.95. The Bertz CT molecular complexity index is 1440. The number of fused-ring (bicyclic) bond motifs is 2. The van der Waals surface area contributed by atoms with Crippen LogP contribution in [0.25, 0.3) is 20.8 Å². The Morgan fingerprint density at radius 1 is 1.06 bits per heavy atom. The molecule has 34 heavy (non-hydrogen) atoms. The van der Waals surface area contributed by atoms with Gasteiger partial charge in [0.1, 0.15) is 20.3 Å². The number of thiophene rings is 2. The number of benzene rings is 1. The number of sulfonamides is 1. The normalized spacial score (nSPS) is 18.9. The van der Waals surface area contributed by atoms with Gasteiger partial charge in [0.05, 0.1) is 10.2 Å². The van der Waals surface area contributed by atoms with E-state index >= 15 is 0 Å². The number of nitrogens with zero attached hydrogens (tertiary/aromatic N) is 2. The second-order valence-electron chi connectivity index (χ2n) is 8.60. The fourth-order valence-corrected chi connectivity index (χ4v) is 10.0. The van der Waals surface area contributed by atoms with Gasteiger partial charge in [0, 0.05) is 17.0 Å². The first-order valence-corrected chi connectivity index (χ1v) is 15.3. The summed E-state index contributed by atoms with van der Waals surface area (Å²) < 4.78 is 29.1. The molecule has 176 valence electrons. The summed E-state index contributed by atoms with van der Waals surface area (Å²) in [5.41, 5.74) is 3.28. The summed E-state index contributed by atoms with van der Waals surface area (Å²) in [4.78, 5) is 19.7. The minimum atomic E-state index is -3.68. The van der Waals surface area contributed by atoms with Gasteiger partial charge >= 0.3 is 0 Å². The molecule has 6 rings (SSSR count). The van der Waals surface area contributed by atoms with Crippen LogP contribution in [0.5, 0.6) is 0 Å². The van der Waals surface area contributed by atoms with Crippen LogP contribution in [0, 0.1) is 0 Å². The van der Waals surface area contributed by atoms with Crippen LogP contribution in [0.3, 0.4) is 0 Å². The van der Waals surface area contributed by atoms with Crippen molar-refractivity contribution in [2.45, 2.75) is 48.8 Å². The van der Waals surface area contributed by atoms with Crippen LogP contribution in [0.15, 0.2) is 46.0 Å². The van der Waals surface area contributed by atoms with Gasteiger partial charge < -0.3 is 5.32 Å². The van der Waals surface area contributed by atoms with Crippen molar-refractivity contribution in [3.63, 3.8) is 0 Å². The Morgan fingerprint density at radius 3 is 2.74 bits per heavy atom. The number of aromatic nitrogens is 1. The fraction of sp³-hybridized carbons (Fsp3) is 0.333. The van der Waals surface area contributed by atoms with E-state index in [1.807, 2.05) is 18.2 Å². The average molecular weight is 530 g/mol. The molecule has 1 fully saturated rings. The molecule has 1 N–H and O–H groups in total. The monoisotopic (exact) mass is 529 g/mol. The van der Waals surface area contributed by atoms with E-state index in [-0.39, 0.29) is 10.1 Å². The molecule has 6 nitrogen and oxygen atoms in total. The highest BCUT2D eigenvalue weighted by atomic mass is 32.2. The third-order valence-electron chi connectivity index (χ3n) is 6.48. The molecule has 1 amide bonds. The first kappa shape index (κ1) is 22.4. The van der Waals surface area contributed by atoms with E-state index in [4.69, 9.17) is 4.98 Å². The molecule has 4 heterocycles. The third-order valence-corrected chi connectivity index (χ3v) is 12.0. The fourth-order valence-electron chi connectivity index (χ4n) is 4.87. The summed E-state index contributed by atoms with van der Waals surface area (Å²) in [6.45, 7) is 0.365. The van der Waals surface area contributed by atoms with Gasteiger partial charge in [-0.1, -0.05) is 18.2 Å². The molecular formula is C24H23N3O3S4. The molecule has 1 aliphatic carbocycles. The Labute approximate surface area is 210 Å². The molecule has 0 saturated carbocycles. The molecule has 2 aliphatic rings. The number of carbonyl (C=O) groups excluding carboxylic acids is 1. The first-order chi connectivity index (χ1) is 16.5. The number of thiazole rings is 1. The van der Waals surface area contributed by atoms with Gasteiger partial charge in [-0.3, -0.25) is 4.79 Å².